The predicted octanol–water partition coefficient (Wildman–Crippen LogP) is 3.10. The third-order valence-electron chi connectivity index (χ3n) is 3.46. The van der Waals surface area contributed by atoms with E-state index in [1.165, 1.54) is 6.92 Å². The first-order valence-electron chi connectivity index (χ1n) is 6.64. The van der Waals surface area contributed by atoms with Gasteiger partial charge in [-0.05, 0) is 12.0 Å². The van der Waals surface area contributed by atoms with Gasteiger partial charge in [-0.2, -0.15) is 0 Å². The fourth-order valence-electron chi connectivity index (χ4n) is 2.51. The topological polar surface area (TPSA) is 35.5 Å². The molecule has 0 aliphatic heterocycles. The van der Waals surface area contributed by atoms with Crippen LogP contribution in [0.5, 0.6) is 0 Å². The van der Waals surface area contributed by atoms with Crippen LogP contribution in [0.25, 0.3) is 0 Å². The van der Waals surface area contributed by atoms with Gasteiger partial charge in [0.25, 0.3) is 0 Å². The lowest BCUT2D eigenvalue weighted by molar-refractivity contribution is -0.147. The van der Waals surface area contributed by atoms with Crippen LogP contribution in [-0.4, -0.2) is 18.2 Å². The molecule has 3 heteroatoms. The van der Waals surface area contributed by atoms with E-state index in [9.17, 15) is 4.79 Å². The number of carbonyl (C=O) groups excluding carboxylic acids is 1. The van der Waals surface area contributed by atoms with E-state index in [0.717, 1.165) is 18.4 Å². The maximum Gasteiger partial charge on any atom is 0.302 e. The first kappa shape index (κ1) is 13.8. The molecule has 0 spiro atoms. The SMILES string of the molecule is C=C[C@@H]1C[C@H](OCc2ccccc2)C[C@H]1OC(C)=O. The first-order valence-corrected chi connectivity index (χ1v) is 6.64. The van der Waals surface area contributed by atoms with E-state index in [1.807, 2.05) is 36.4 Å². The summed E-state index contributed by atoms with van der Waals surface area (Å²) in [6.07, 6.45) is 3.53. The zero-order valence-electron chi connectivity index (χ0n) is 11.2. The standard InChI is InChI=1S/C16H20O3/c1-3-14-9-15(10-16(14)19-12(2)17)18-11-13-7-5-4-6-8-13/h3-8,14-16H,1,9-11H2,2H3/t14-,15+,16-/m1/s1. The molecule has 0 radical (unpaired) electrons. The van der Waals surface area contributed by atoms with Crippen molar-refractivity contribution in [3.05, 3.63) is 48.6 Å². The summed E-state index contributed by atoms with van der Waals surface area (Å²) in [7, 11) is 0. The van der Waals surface area contributed by atoms with Crippen LogP contribution in [0, 0.1) is 5.92 Å². The van der Waals surface area contributed by atoms with Crippen LogP contribution >= 0.6 is 0 Å². The summed E-state index contributed by atoms with van der Waals surface area (Å²) >= 11 is 0. The van der Waals surface area contributed by atoms with Crippen molar-refractivity contribution in [2.45, 2.75) is 38.6 Å². The van der Waals surface area contributed by atoms with Crippen LogP contribution in [0.1, 0.15) is 25.3 Å². The second-order valence-corrected chi connectivity index (χ2v) is 4.94. The minimum Gasteiger partial charge on any atom is -0.462 e. The van der Waals surface area contributed by atoms with Gasteiger partial charge < -0.3 is 9.47 Å². The maximum atomic E-state index is 11.0. The van der Waals surface area contributed by atoms with Gasteiger partial charge >= 0.3 is 5.97 Å². The Morgan fingerprint density at radius 3 is 2.74 bits per heavy atom. The van der Waals surface area contributed by atoms with Crippen molar-refractivity contribution in [3.63, 3.8) is 0 Å². The minimum atomic E-state index is -0.236. The fraction of sp³-hybridized carbons (Fsp3) is 0.438. The summed E-state index contributed by atoms with van der Waals surface area (Å²) < 4.78 is 11.2. The van der Waals surface area contributed by atoms with Crippen LogP contribution in [0.4, 0.5) is 0 Å². The molecule has 0 unspecified atom stereocenters. The average molecular weight is 260 g/mol. The molecule has 1 saturated carbocycles. The van der Waals surface area contributed by atoms with E-state index in [2.05, 4.69) is 6.58 Å². The normalized spacial score (nSPS) is 26.1. The van der Waals surface area contributed by atoms with Crippen molar-refractivity contribution in [3.8, 4) is 0 Å². The van der Waals surface area contributed by atoms with Crippen LogP contribution in [-0.2, 0) is 20.9 Å². The van der Waals surface area contributed by atoms with Gasteiger partial charge in [0.1, 0.15) is 6.10 Å². The second-order valence-electron chi connectivity index (χ2n) is 4.94. The molecule has 19 heavy (non-hydrogen) atoms. The van der Waals surface area contributed by atoms with Gasteiger partial charge in [0.15, 0.2) is 0 Å². The number of hydrogen-bond donors (Lipinski definition) is 0. The molecular formula is C16H20O3. The number of rotatable bonds is 5. The average Bonchev–Trinajstić information content (AvgIpc) is 2.79. The Morgan fingerprint density at radius 2 is 2.11 bits per heavy atom. The molecule has 1 aliphatic carbocycles. The van der Waals surface area contributed by atoms with E-state index < -0.39 is 0 Å². The Kier molecular flexibility index (Phi) is 4.74. The van der Waals surface area contributed by atoms with Crippen molar-refractivity contribution >= 4 is 5.97 Å². The number of carbonyl (C=O) groups is 1. The first-order chi connectivity index (χ1) is 9.19. The van der Waals surface area contributed by atoms with Crippen LogP contribution in [0.2, 0.25) is 0 Å². The van der Waals surface area contributed by atoms with Crippen molar-refractivity contribution in [1.29, 1.82) is 0 Å². The molecule has 1 fully saturated rings. The smallest absolute Gasteiger partial charge is 0.302 e. The van der Waals surface area contributed by atoms with Gasteiger partial charge in [-0.25, -0.2) is 0 Å². The fourth-order valence-corrected chi connectivity index (χ4v) is 2.51. The number of benzene rings is 1. The minimum absolute atomic E-state index is 0.0872. The molecule has 0 amide bonds. The van der Waals surface area contributed by atoms with Crippen molar-refractivity contribution < 1.29 is 14.3 Å². The molecule has 0 N–H and O–H groups in total. The molecule has 0 bridgehead atoms. The highest BCUT2D eigenvalue weighted by molar-refractivity contribution is 5.66. The number of hydrogen-bond acceptors (Lipinski definition) is 3. The summed E-state index contributed by atoms with van der Waals surface area (Å²) in [4.78, 5) is 11.0. The van der Waals surface area contributed by atoms with E-state index in [1.54, 1.807) is 0 Å². The molecule has 102 valence electrons. The van der Waals surface area contributed by atoms with Crippen molar-refractivity contribution in [1.82, 2.24) is 0 Å². The van der Waals surface area contributed by atoms with Gasteiger partial charge in [0.2, 0.25) is 0 Å². The lowest BCUT2D eigenvalue weighted by Crippen LogP contribution is -2.19. The van der Waals surface area contributed by atoms with Gasteiger partial charge in [0.05, 0.1) is 12.7 Å². The predicted molar refractivity (Wildman–Crippen MR) is 73.5 cm³/mol. The summed E-state index contributed by atoms with van der Waals surface area (Å²) in [6.45, 7) is 5.85. The third-order valence-corrected chi connectivity index (χ3v) is 3.46. The Morgan fingerprint density at radius 1 is 1.37 bits per heavy atom. The summed E-state index contributed by atoms with van der Waals surface area (Å²) in [5, 5.41) is 0. The molecule has 0 aromatic heterocycles. The zero-order chi connectivity index (χ0) is 13.7. The highest BCUT2D eigenvalue weighted by atomic mass is 16.5. The van der Waals surface area contributed by atoms with Crippen molar-refractivity contribution in [2.24, 2.45) is 5.92 Å². The quantitative estimate of drug-likeness (QED) is 0.603. The Hall–Kier alpha value is -1.61. The Balaban J connectivity index is 1.85. The second kappa shape index (κ2) is 6.53. The third kappa shape index (κ3) is 3.93. The van der Waals surface area contributed by atoms with E-state index in [-0.39, 0.29) is 24.1 Å². The highest BCUT2D eigenvalue weighted by Gasteiger charge is 2.35. The van der Waals surface area contributed by atoms with E-state index in [4.69, 9.17) is 9.47 Å². The Labute approximate surface area is 114 Å². The van der Waals surface area contributed by atoms with Gasteiger partial charge in [-0.15, -0.1) is 6.58 Å². The van der Waals surface area contributed by atoms with E-state index in [0.29, 0.717) is 6.61 Å². The maximum absolute atomic E-state index is 11.0. The molecule has 1 aromatic rings. The summed E-state index contributed by atoms with van der Waals surface area (Å²) in [6, 6.07) is 10.1. The molecule has 1 aromatic carbocycles. The molecule has 2 rings (SSSR count). The largest absolute Gasteiger partial charge is 0.462 e. The Bertz CT molecular complexity index is 427. The lowest BCUT2D eigenvalue weighted by atomic mass is 10.1. The summed E-state index contributed by atoms with van der Waals surface area (Å²) in [5.74, 6) is -0.0368. The highest BCUT2D eigenvalue weighted by Crippen LogP contribution is 2.32. The number of ether oxygens (including phenoxy) is 2. The van der Waals surface area contributed by atoms with Gasteiger partial charge in [-0.3, -0.25) is 4.79 Å². The molecule has 1 aliphatic rings. The molecule has 0 saturated heterocycles. The zero-order valence-corrected chi connectivity index (χ0v) is 11.2. The molecular weight excluding hydrogens is 240 g/mol. The molecule has 3 atom stereocenters. The van der Waals surface area contributed by atoms with Crippen LogP contribution < -0.4 is 0 Å². The van der Waals surface area contributed by atoms with Gasteiger partial charge in [-0.1, -0.05) is 36.4 Å². The molecule has 3 nitrogen and oxygen atoms in total. The molecule has 0 heterocycles. The van der Waals surface area contributed by atoms with E-state index >= 15 is 0 Å². The number of esters is 1. The van der Waals surface area contributed by atoms with Gasteiger partial charge in [0, 0.05) is 19.3 Å². The lowest BCUT2D eigenvalue weighted by Gasteiger charge is -2.15. The van der Waals surface area contributed by atoms with Crippen molar-refractivity contribution in [2.75, 3.05) is 0 Å². The van der Waals surface area contributed by atoms with Crippen LogP contribution in [0.3, 0.4) is 0 Å². The summed E-state index contributed by atoms with van der Waals surface area (Å²) in [5.41, 5.74) is 1.16. The monoisotopic (exact) mass is 260 g/mol. The van der Waals surface area contributed by atoms with Crippen LogP contribution in [0.15, 0.2) is 43.0 Å².